The van der Waals surface area contributed by atoms with E-state index in [2.05, 4.69) is 10.8 Å². The predicted octanol–water partition coefficient (Wildman–Crippen LogP) is -0.250. The van der Waals surface area contributed by atoms with Crippen LogP contribution in [-0.4, -0.2) is 60.2 Å². The van der Waals surface area contributed by atoms with Crippen LogP contribution >= 0.6 is 0 Å². The van der Waals surface area contributed by atoms with Gasteiger partial charge in [0.05, 0.1) is 19.8 Å². The Hall–Kier alpha value is -1.58. The molecule has 0 bridgehead atoms. The molecule has 1 atom stereocenters. The zero-order valence-corrected chi connectivity index (χ0v) is 13.0. The molecule has 4 amide bonds. The Morgan fingerprint density at radius 2 is 1.81 bits per heavy atom. The van der Waals surface area contributed by atoms with Crippen LogP contribution in [0, 0.1) is 0 Å². The molecule has 5 N–H and O–H groups in total. The fraction of sp³-hybridized carbons (Fsp3) is 0.833. The minimum atomic E-state index is -0.945. The zero-order valence-electron chi connectivity index (χ0n) is 13.0. The van der Waals surface area contributed by atoms with Gasteiger partial charge >= 0.3 is 12.1 Å². The fourth-order valence-corrected chi connectivity index (χ4v) is 1.76. The lowest BCUT2D eigenvalue weighted by atomic mass is 10.2. The number of hydroxylamine groups is 1. The average Bonchev–Trinajstić information content (AvgIpc) is 2.34. The van der Waals surface area contributed by atoms with Crippen LogP contribution in [0.25, 0.3) is 0 Å². The zero-order chi connectivity index (χ0) is 16.4. The van der Waals surface area contributed by atoms with Crippen LogP contribution < -0.4 is 16.5 Å². The van der Waals surface area contributed by atoms with Gasteiger partial charge in [-0.05, 0) is 27.7 Å². The third kappa shape index (κ3) is 8.33. The van der Waals surface area contributed by atoms with Gasteiger partial charge in [0.15, 0.2) is 6.23 Å². The van der Waals surface area contributed by atoms with Crippen molar-refractivity contribution in [3.63, 3.8) is 0 Å². The predicted molar refractivity (Wildman–Crippen MR) is 76.1 cm³/mol. The molecule has 0 aromatic rings. The molecule has 0 aliphatic heterocycles. The number of nitrogens with one attached hydrogen (secondary N) is 2. The first-order chi connectivity index (χ1) is 9.79. The van der Waals surface area contributed by atoms with Crippen molar-refractivity contribution in [3.8, 4) is 0 Å². The minimum absolute atomic E-state index is 0.0122. The molecule has 0 aliphatic rings. The van der Waals surface area contributed by atoms with E-state index in [4.69, 9.17) is 20.4 Å². The standard InChI is InChI=1S/C12H26N4O5/c1-8(2)16(9(3)4)12(19)15-21-10(14-11(13)18)7-20-6-5-17/h8-10,17H,5-7H2,1-4H3,(H,15,19)(H3,13,14,18). The maximum absolute atomic E-state index is 12.0. The van der Waals surface area contributed by atoms with Crippen LogP contribution in [0.2, 0.25) is 0 Å². The third-order valence-corrected chi connectivity index (χ3v) is 2.44. The summed E-state index contributed by atoms with van der Waals surface area (Å²) in [6.45, 7) is 7.37. The van der Waals surface area contributed by atoms with Crippen LogP contribution in [0.3, 0.4) is 0 Å². The van der Waals surface area contributed by atoms with E-state index in [0.29, 0.717) is 0 Å². The highest BCUT2D eigenvalue weighted by Crippen LogP contribution is 2.05. The fourth-order valence-electron chi connectivity index (χ4n) is 1.76. The van der Waals surface area contributed by atoms with Gasteiger partial charge in [-0.15, -0.1) is 0 Å². The SMILES string of the molecule is CC(C)N(C(=O)NOC(COCCO)NC(N)=O)C(C)C. The van der Waals surface area contributed by atoms with Gasteiger partial charge in [0.2, 0.25) is 0 Å². The molecule has 21 heavy (non-hydrogen) atoms. The quantitative estimate of drug-likeness (QED) is 0.265. The number of hydrogen-bond acceptors (Lipinski definition) is 5. The van der Waals surface area contributed by atoms with Gasteiger partial charge in [-0.2, -0.15) is 0 Å². The van der Waals surface area contributed by atoms with Crippen molar-refractivity contribution in [2.24, 2.45) is 5.73 Å². The molecular weight excluding hydrogens is 280 g/mol. The summed E-state index contributed by atoms with van der Waals surface area (Å²) in [6, 6.07) is -1.27. The van der Waals surface area contributed by atoms with Crippen molar-refractivity contribution in [2.45, 2.75) is 46.0 Å². The molecule has 0 saturated heterocycles. The van der Waals surface area contributed by atoms with E-state index < -0.39 is 18.3 Å². The molecule has 9 nitrogen and oxygen atoms in total. The lowest BCUT2D eigenvalue weighted by Gasteiger charge is -2.31. The van der Waals surface area contributed by atoms with Gasteiger partial charge in [-0.3, -0.25) is 0 Å². The second kappa shape index (κ2) is 10.2. The van der Waals surface area contributed by atoms with Crippen LogP contribution in [0.4, 0.5) is 9.59 Å². The van der Waals surface area contributed by atoms with Crippen molar-refractivity contribution in [3.05, 3.63) is 0 Å². The normalized spacial score (nSPS) is 12.3. The van der Waals surface area contributed by atoms with Crippen LogP contribution in [0.15, 0.2) is 0 Å². The van der Waals surface area contributed by atoms with Crippen LogP contribution in [0.1, 0.15) is 27.7 Å². The first-order valence-electron chi connectivity index (χ1n) is 6.78. The maximum Gasteiger partial charge on any atom is 0.341 e. The molecule has 0 rings (SSSR count). The summed E-state index contributed by atoms with van der Waals surface area (Å²) < 4.78 is 5.02. The van der Waals surface area contributed by atoms with E-state index in [1.807, 2.05) is 27.7 Å². The van der Waals surface area contributed by atoms with E-state index in [0.717, 1.165) is 0 Å². The van der Waals surface area contributed by atoms with Crippen molar-refractivity contribution < 1.29 is 24.3 Å². The van der Waals surface area contributed by atoms with Gasteiger partial charge < -0.3 is 25.8 Å². The van der Waals surface area contributed by atoms with Crippen LogP contribution in [0.5, 0.6) is 0 Å². The highest BCUT2D eigenvalue weighted by Gasteiger charge is 2.21. The van der Waals surface area contributed by atoms with Crippen LogP contribution in [-0.2, 0) is 9.57 Å². The summed E-state index contributed by atoms with van der Waals surface area (Å²) in [6.07, 6.45) is -0.945. The molecule has 0 spiro atoms. The highest BCUT2D eigenvalue weighted by atomic mass is 16.7. The Kier molecular flexibility index (Phi) is 9.42. The molecule has 0 radical (unpaired) electrons. The number of aliphatic hydroxyl groups excluding tert-OH is 1. The van der Waals surface area contributed by atoms with Gasteiger partial charge in [-0.1, -0.05) is 0 Å². The molecule has 0 fully saturated rings. The number of hydrogen-bond donors (Lipinski definition) is 4. The Bertz CT molecular complexity index is 317. The summed E-state index contributed by atoms with van der Waals surface area (Å²) in [5, 5.41) is 10.9. The van der Waals surface area contributed by atoms with E-state index in [1.165, 1.54) is 0 Å². The number of aliphatic hydroxyl groups is 1. The minimum Gasteiger partial charge on any atom is -0.394 e. The molecule has 9 heteroatoms. The second-order valence-corrected chi connectivity index (χ2v) is 4.92. The molecular formula is C12H26N4O5. The number of nitrogens with two attached hydrogens (primary N) is 1. The topological polar surface area (TPSA) is 126 Å². The van der Waals surface area contributed by atoms with E-state index in [1.54, 1.807) is 4.90 Å². The van der Waals surface area contributed by atoms with Crippen molar-refractivity contribution in [1.82, 2.24) is 15.7 Å². The third-order valence-electron chi connectivity index (χ3n) is 2.44. The van der Waals surface area contributed by atoms with E-state index in [9.17, 15) is 9.59 Å². The van der Waals surface area contributed by atoms with Crippen molar-refractivity contribution >= 4 is 12.1 Å². The molecule has 0 saturated carbocycles. The molecule has 1 unspecified atom stereocenters. The largest absolute Gasteiger partial charge is 0.394 e. The maximum atomic E-state index is 12.0. The number of primary amides is 1. The van der Waals surface area contributed by atoms with E-state index in [-0.39, 0.29) is 31.9 Å². The number of carbonyl (C=O) groups excluding carboxylic acids is 2. The number of nitrogens with zero attached hydrogens (tertiary/aromatic N) is 1. The first kappa shape index (κ1) is 19.4. The summed E-state index contributed by atoms with van der Waals surface area (Å²) >= 11 is 0. The van der Waals surface area contributed by atoms with Crippen molar-refractivity contribution in [1.29, 1.82) is 0 Å². The monoisotopic (exact) mass is 306 g/mol. The molecule has 0 aromatic heterocycles. The smallest absolute Gasteiger partial charge is 0.341 e. The number of ether oxygens (including phenoxy) is 1. The van der Waals surface area contributed by atoms with Crippen molar-refractivity contribution in [2.75, 3.05) is 19.8 Å². The van der Waals surface area contributed by atoms with Gasteiger partial charge in [0.1, 0.15) is 0 Å². The van der Waals surface area contributed by atoms with E-state index >= 15 is 0 Å². The Morgan fingerprint density at radius 3 is 2.24 bits per heavy atom. The number of urea groups is 2. The summed E-state index contributed by atoms with van der Waals surface area (Å²) in [7, 11) is 0. The molecule has 0 aromatic carbocycles. The Labute approximate surface area is 124 Å². The summed E-state index contributed by atoms with van der Waals surface area (Å²) in [5.74, 6) is 0. The van der Waals surface area contributed by atoms with Gasteiger partial charge in [-0.25, -0.2) is 19.9 Å². The second-order valence-electron chi connectivity index (χ2n) is 4.92. The highest BCUT2D eigenvalue weighted by molar-refractivity contribution is 5.74. The first-order valence-corrected chi connectivity index (χ1v) is 6.78. The number of amides is 4. The van der Waals surface area contributed by atoms with Gasteiger partial charge in [0, 0.05) is 12.1 Å². The lowest BCUT2D eigenvalue weighted by Crippen LogP contribution is -2.52. The molecule has 0 heterocycles. The van der Waals surface area contributed by atoms with Gasteiger partial charge in [0.25, 0.3) is 0 Å². The summed E-state index contributed by atoms with van der Waals surface area (Å²) in [4.78, 5) is 29.5. The molecule has 124 valence electrons. The number of rotatable bonds is 9. The summed E-state index contributed by atoms with van der Waals surface area (Å²) in [5.41, 5.74) is 7.25. The molecule has 0 aliphatic carbocycles. The average molecular weight is 306 g/mol. The Balaban J connectivity index is 4.43. The number of carbonyl (C=O) groups is 2. The lowest BCUT2D eigenvalue weighted by molar-refractivity contribution is -0.0706. The Morgan fingerprint density at radius 1 is 1.24 bits per heavy atom.